The van der Waals surface area contributed by atoms with E-state index in [-0.39, 0.29) is 0 Å². The van der Waals surface area contributed by atoms with Crippen LogP contribution < -0.4 is 18.9 Å². The highest BCUT2D eigenvalue weighted by Crippen LogP contribution is 2.35. The van der Waals surface area contributed by atoms with Crippen LogP contribution in [0.1, 0.15) is 6.92 Å². The number of methoxy groups -OCH3 is 3. The Kier molecular flexibility index (Phi) is 4.46. The van der Waals surface area contributed by atoms with Crippen molar-refractivity contribution >= 4 is 11.0 Å². The molecule has 1 heterocycles. The number of hydrogen-bond acceptors (Lipinski definition) is 5. The maximum absolute atomic E-state index is 5.55. The Morgan fingerprint density at radius 2 is 1.54 bits per heavy atom. The molecule has 0 saturated heterocycles. The summed E-state index contributed by atoms with van der Waals surface area (Å²) in [6, 6.07) is 9.44. The van der Waals surface area contributed by atoms with Crippen molar-refractivity contribution in [2.45, 2.75) is 6.92 Å². The van der Waals surface area contributed by atoms with Gasteiger partial charge in [0.15, 0.2) is 23.0 Å². The lowest BCUT2D eigenvalue weighted by Crippen LogP contribution is -1.95. The van der Waals surface area contributed by atoms with E-state index >= 15 is 0 Å². The smallest absolute Gasteiger partial charge is 0.163 e. The number of ether oxygens (including phenoxy) is 4. The molecule has 126 valence electrons. The van der Waals surface area contributed by atoms with Crippen LogP contribution in [0, 0.1) is 0 Å². The second-order valence-electron chi connectivity index (χ2n) is 5.11. The molecule has 0 unspecified atom stereocenters. The zero-order chi connectivity index (χ0) is 17.1. The van der Waals surface area contributed by atoms with Crippen LogP contribution in [-0.2, 0) is 0 Å². The predicted octanol–water partition coefficient (Wildman–Crippen LogP) is 3.65. The Hall–Kier alpha value is -2.89. The molecule has 0 bridgehead atoms. The normalized spacial score (nSPS) is 10.7. The lowest BCUT2D eigenvalue weighted by atomic mass is 10.2. The zero-order valence-corrected chi connectivity index (χ0v) is 14.2. The van der Waals surface area contributed by atoms with Gasteiger partial charge in [-0.25, -0.2) is 4.98 Å². The van der Waals surface area contributed by atoms with Crippen molar-refractivity contribution in [2.24, 2.45) is 0 Å². The molecule has 0 atom stereocenters. The fourth-order valence-corrected chi connectivity index (χ4v) is 2.56. The van der Waals surface area contributed by atoms with E-state index in [1.165, 1.54) is 0 Å². The molecule has 6 nitrogen and oxygen atoms in total. The molecule has 2 aromatic carbocycles. The first-order chi connectivity index (χ1) is 11.7. The number of hydrogen-bond donors (Lipinski definition) is 1. The Labute approximate surface area is 140 Å². The minimum atomic E-state index is 0.583. The van der Waals surface area contributed by atoms with Gasteiger partial charge >= 0.3 is 0 Å². The third-order valence-corrected chi connectivity index (χ3v) is 3.72. The fraction of sp³-hybridized carbons (Fsp3) is 0.278. The molecule has 0 radical (unpaired) electrons. The van der Waals surface area contributed by atoms with Crippen molar-refractivity contribution in [3.63, 3.8) is 0 Å². The summed E-state index contributed by atoms with van der Waals surface area (Å²) in [6.45, 7) is 2.52. The molecule has 0 fully saturated rings. The number of fused-ring (bicyclic) bond motifs is 1. The van der Waals surface area contributed by atoms with Crippen molar-refractivity contribution in [3.05, 3.63) is 30.3 Å². The van der Waals surface area contributed by atoms with E-state index in [1.54, 1.807) is 21.3 Å². The average Bonchev–Trinajstić information content (AvgIpc) is 3.03. The van der Waals surface area contributed by atoms with E-state index < -0.39 is 0 Å². The zero-order valence-electron chi connectivity index (χ0n) is 14.2. The summed E-state index contributed by atoms with van der Waals surface area (Å²) < 4.78 is 21.6. The minimum Gasteiger partial charge on any atom is -0.493 e. The van der Waals surface area contributed by atoms with Crippen molar-refractivity contribution < 1.29 is 18.9 Å². The molecule has 0 aliphatic rings. The van der Waals surface area contributed by atoms with Crippen molar-refractivity contribution in [1.29, 1.82) is 0 Å². The molecule has 0 amide bonds. The highest BCUT2D eigenvalue weighted by atomic mass is 16.5. The molecule has 24 heavy (non-hydrogen) atoms. The maximum Gasteiger partial charge on any atom is 0.163 e. The molecular formula is C18H20N2O4. The molecule has 0 aliphatic heterocycles. The summed E-state index contributed by atoms with van der Waals surface area (Å²) in [5.74, 6) is 3.42. The molecule has 3 rings (SSSR count). The van der Waals surface area contributed by atoms with Gasteiger partial charge in [0.05, 0.1) is 39.0 Å². The van der Waals surface area contributed by atoms with E-state index in [4.69, 9.17) is 18.9 Å². The van der Waals surface area contributed by atoms with Crippen molar-refractivity contribution in [3.8, 4) is 34.4 Å². The first kappa shape index (κ1) is 16.0. The monoisotopic (exact) mass is 328 g/mol. The number of aromatic amines is 1. The first-order valence-corrected chi connectivity index (χ1v) is 7.63. The number of nitrogens with zero attached hydrogens (tertiary/aromatic N) is 1. The van der Waals surface area contributed by atoms with E-state index in [1.807, 2.05) is 37.3 Å². The molecular weight excluding hydrogens is 308 g/mol. The van der Waals surface area contributed by atoms with Crippen molar-refractivity contribution in [1.82, 2.24) is 9.97 Å². The van der Waals surface area contributed by atoms with Crippen LogP contribution in [0.5, 0.6) is 23.0 Å². The molecule has 6 heteroatoms. The third-order valence-electron chi connectivity index (χ3n) is 3.72. The van der Waals surface area contributed by atoms with Crippen LogP contribution >= 0.6 is 0 Å². The summed E-state index contributed by atoms with van der Waals surface area (Å²) in [5.41, 5.74) is 2.58. The SMILES string of the molecule is CCOc1ccc(-c2nc3cc(OC)c(OC)cc3[nH]2)cc1OC. The van der Waals surface area contributed by atoms with Gasteiger partial charge in [0.2, 0.25) is 0 Å². The summed E-state index contributed by atoms with van der Waals surface area (Å²) >= 11 is 0. The quantitative estimate of drug-likeness (QED) is 0.748. The van der Waals surface area contributed by atoms with Gasteiger partial charge in [0.1, 0.15) is 5.82 Å². The Morgan fingerprint density at radius 1 is 0.875 bits per heavy atom. The highest BCUT2D eigenvalue weighted by Gasteiger charge is 2.13. The predicted molar refractivity (Wildman–Crippen MR) is 92.4 cm³/mol. The number of aromatic nitrogens is 2. The molecule has 1 N–H and O–H groups in total. The van der Waals surface area contributed by atoms with Gasteiger partial charge in [-0.05, 0) is 25.1 Å². The Balaban J connectivity index is 2.06. The van der Waals surface area contributed by atoms with Crippen LogP contribution in [-0.4, -0.2) is 37.9 Å². The van der Waals surface area contributed by atoms with E-state index in [9.17, 15) is 0 Å². The molecule has 0 saturated carbocycles. The van der Waals surface area contributed by atoms with Gasteiger partial charge in [0, 0.05) is 17.7 Å². The number of imidazole rings is 1. The van der Waals surface area contributed by atoms with Gasteiger partial charge in [-0.3, -0.25) is 0 Å². The fourth-order valence-electron chi connectivity index (χ4n) is 2.56. The van der Waals surface area contributed by atoms with Gasteiger partial charge in [0.25, 0.3) is 0 Å². The topological polar surface area (TPSA) is 65.6 Å². The maximum atomic E-state index is 5.55. The summed E-state index contributed by atoms with van der Waals surface area (Å²) in [6.07, 6.45) is 0. The molecule has 3 aromatic rings. The number of rotatable bonds is 6. The van der Waals surface area contributed by atoms with E-state index in [0.29, 0.717) is 29.6 Å². The average molecular weight is 328 g/mol. The molecule has 1 aromatic heterocycles. The first-order valence-electron chi connectivity index (χ1n) is 7.63. The van der Waals surface area contributed by atoms with Crippen molar-refractivity contribution in [2.75, 3.05) is 27.9 Å². The van der Waals surface area contributed by atoms with Gasteiger partial charge in [-0.15, -0.1) is 0 Å². The van der Waals surface area contributed by atoms with E-state index in [2.05, 4.69) is 9.97 Å². The van der Waals surface area contributed by atoms with Gasteiger partial charge < -0.3 is 23.9 Å². The Bertz CT molecular complexity index is 817. The van der Waals surface area contributed by atoms with Crippen LogP contribution in [0.15, 0.2) is 30.3 Å². The standard InChI is InChI=1S/C18H20N2O4/c1-5-24-14-7-6-11(8-15(14)21-2)18-19-12-9-16(22-3)17(23-4)10-13(12)20-18/h6-10H,5H2,1-4H3,(H,19,20). The lowest BCUT2D eigenvalue weighted by Gasteiger charge is -2.09. The lowest BCUT2D eigenvalue weighted by molar-refractivity contribution is 0.311. The number of nitrogens with one attached hydrogen (secondary N) is 1. The second kappa shape index (κ2) is 6.70. The van der Waals surface area contributed by atoms with E-state index in [0.717, 1.165) is 22.4 Å². The van der Waals surface area contributed by atoms with Gasteiger partial charge in [-0.1, -0.05) is 0 Å². The largest absolute Gasteiger partial charge is 0.493 e. The van der Waals surface area contributed by atoms with Crippen LogP contribution in [0.3, 0.4) is 0 Å². The summed E-state index contributed by atoms with van der Waals surface area (Å²) in [7, 11) is 4.84. The Morgan fingerprint density at radius 3 is 2.21 bits per heavy atom. The number of benzene rings is 2. The number of H-pyrrole nitrogens is 1. The molecule has 0 spiro atoms. The second-order valence-corrected chi connectivity index (χ2v) is 5.11. The van der Waals surface area contributed by atoms with Gasteiger partial charge in [-0.2, -0.15) is 0 Å². The third kappa shape index (κ3) is 2.82. The minimum absolute atomic E-state index is 0.583. The molecule has 0 aliphatic carbocycles. The van der Waals surface area contributed by atoms with Crippen LogP contribution in [0.2, 0.25) is 0 Å². The highest BCUT2D eigenvalue weighted by molar-refractivity contribution is 5.83. The summed E-state index contributed by atoms with van der Waals surface area (Å²) in [4.78, 5) is 7.93. The summed E-state index contributed by atoms with van der Waals surface area (Å²) in [5, 5.41) is 0. The van der Waals surface area contributed by atoms with Crippen LogP contribution in [0.4, 0.5) is 0 Å². The van der Waals surface area contributed by atoms with Crippen LogP contribution in [0.25, 0.3) is 22.4 Å².